The summed E-state index contributed by atoms with van der Waals surface area (Å²) in [7, 11) is 0. The fourth-order valence-corrected chi connectivity index (χ4v) is 5.26. The van der Waals surface area contributed by atoms with E-state index in [9.17, 15) is 9.90 Å². The standard InChI is InChI=1S/C24H32N6O4/c1-15(2)22(23-26-27-28-30(23)18-5-3-4-6-18)29(7-8-31)14-17-11-16-12-20-21(34-10-9-33-20)13-19(16)25-24(17)32/h11-13,15,18,22,31H,3-10,14H2,1-2H3,(H,25,32). The molecule has 0 radical (unpaired) electrons. The number of tetrazole rings is 1. The third-order valence-corrected chi connectivity index (χ3v) is 6.82. The summed E-state index contributed by atoms with van der Waals surface area (Å²) in [5.41, 5.74) is 1.16. The second-order valence-electron chi connectivity index (χ2n) is 9.51. The molecular formula is C24H32N6O4. The molecule has 1 aliphatic heterocycles. The first-order valence-electron chi connectivity index (χ1n) is 12.1. The van der Waals surface area contributed by atoms with Crippen LogP contribution in [-0.4, -0.2) is 61.6 Å². The number of aromatic amines is 1. The molecule has 1 unspecified atom stereocenters. The number of aliphatic hydroxyl groups excluding tert-OH is 1. The largest absolute Gasteiger partial charge is 0.486 e. The van der Waals surface area contributed by atoms with Gasteiger partial charge in [-0.2, -0.15) is 0 Å². The molecule has 0 spiro atoms. The zero-order valence-electron chi connectivity index (χ0n) is 19.7. The summed E-state index contributed by atoms with van der Waals surface area (Å²) in [5, 5.41) is 23.5. The fourth-order valence-electron chi connectivity index (χ4n) is 5.26. The van der Waals surface area contributed by atoms with Crippen molar-refractivity contribution in [2.45, 2.75) is 58.2 Å². The zero-order valence-corrected chi connectivity index (χ0v) is 19.7. The van der Waals surface area contributed by atoms with E-state index in [1.807, 2.05) is 22.9 Å². The Morgan fingerprint density at radius 1 is 1.18 bits per heavy atom. The van der Waals surface area contributed by atoms with Gasteiger partial charge in [0.1, 0.15) is 13.2 Å². The predicted octanol–water partition coefficient (Wildman–Crippen LogP) is 2.59. The van der Waals surface area contributed by atoms with E-state index >= 15 is 0 Å². The summed E-state index contributed by atoms with van der Waals surface area (Å²) >= 11 is 0. The molecule has 10 heteroatoms. The Morgan fingerprint density at radius 3 is 2.62 bits per heavy atom. The van der Waals surface area contributed by atoms with Crippen molar-refractivity contribution >= 4 is 10.9 Å². The van der Waals surface area contributed by atoms with Crippen molar-refractivity contribution in [2.75, 3.05) is 26.4 Å². The summed E-state index contributed by atoms with van der Waals surface area (Å²) in [5.74, 6) is 2.30. The van der Waals surface area contributed by atoms with Crippen molar-refractivity contribution < 1.29 is 14.6 Å². The van der Waals surface area contributed by atoms with Crippen LogP contribution in [0.5, 0.6) is 11.5 Å². The maximum Gasteiger partial charge on any atom is 0.252 e. The SMILES string of the molecule is CC(C)C(c1nnnn1C1CCCC1)N(CCO)Cc1cc2cc3c(cc2[nH]c1=O)OCCO3. The van der Waals surface area contributed by atoms with Gasteiger partial charge in [0.15, 0.2) is 17.3 Å². The minimum atomic E-state index is -0.162. The molecule has 2 N–H and O–H groups in total. The fraction of sp³-hybridized carbons (Fsp3) is 0.583. The molecule has 10 nitrogen and oxygen atoms in total. The number of rotatable bonds is 8. The highest BCUT2D eigenvalue weighted by Gasteiger charge is 2.32. The highest BCUT2D eigenvalue weighted by molar-refractivity contribution is 5.83. The van der Waals surface area contributed by atoms with E-state index in [1.54, 1.807) is 0 Å². The minimum absolute atomic E-state index is 0.0294. The number of hydrogen-bond donors (Lipinski definition) is 2. The van der Waals surface area contributed by atoms with Gasteiger partial charge < -0.3 is 19.6 Å². The topological polar surface area (TPSA) is 118 Å². The normalized spacial score (nSPS) is 17.2. The number of fused-ring (bicyclic) bond motifs is 2. The molecular weight excluding hydrogens is 436 g/mol. The summed E-state index contributed by atoms with van der Waals surface area (Å²) in [4.78, 5) is 18.1. The summed E-state index contributed by atoms with van der Waals surface area (Å²) in [6, 6.07) is 5.78. The molecule has 5 rings (SSSR count). The maximum atomic E-state index is 13.0. The molecule has 1 fully saturated rings. The summed E-state index contributed by atoms with van der Waals surface area (Å²) < 4.78 is 13.3. The zero-order chi connectivity index (χ0) is 23.7. The molecule has 182 valence electrons. The Bertz CT molecular complexity index is 1200. The number of aliphatic hydroxyl groups is 1. The molecule has 0 amide bonds. The molecule has 3 heterocycles. The second kappa shape index (κ2) is 9.71. The number of benzene rings is 1. The Labute approximate surface area is 197 Å². The van der Waals surface area contributed by atoms with Gasteiger partial charge in [0.05, 0.1) is 24.2 Å². The molecule has 0 saturated heterocycles. The Kier molecular flexibility index (Phi) is 6.51. The molecule has 1 atom stereocenters. The van der Waals surface area contributed by atoms with Gasteiger partial charge in [0.25, 0.3) is 5.56 Å². The van der Waals surface area contributed by atoms with Gasteiger partial charge in [-0.15, -0.1) is 5.10 Å². The molecule has 3 aromatic rings. The van der Waals surface area contributed by atoms with E-state index in [0.717, 1.165) is 24.1 Å². The van der Waals surface area contributed by atoms with Gasteiger partial charge in [-0.3, -0.25) is 9.69 Å². The highest BCUT2D eigenvalue weighted by Crippen LogP contribution is 2.36. The van der Waals surface area contributed by atoms with Crippen LogP contribution in [0.3, 0.4) is 0 Å². The smallest absolute Gasteiger partial charge is 0.252 e. The van der Waals surface area contributed by atoms with Crippen molar-refractivity contribution in [1.82, 2.24) is 30.1 Å². The van der Waals surface area contributed by atoms with E-state index in [0.29, 0.717) is 54.9 Å². The molecule has 2 aromatic heterocycles. The number of nitrogens with zero attached hydrogens (tertiary/aromatic N) is 5. The van der Waals surface area contributed by atoms with Crippen LogP contribution < -0.4 is 15.0 Å². The quantitative estimate of drug-likeness (QED) is 0.518. The van der Waals surface area contributed by atoms with Gasteiger partial charge in [-0.05, 0) is 41.3 Å². The van der Waals surface area contributed by atoms with Crippen LogP contribution in [-0.2, 0) is 6.54 Å². The van der Waals surface area contributed by atoms with Crippen LogP contribution in [0.1, 0.15) is 63.0 Å². The van der Waals surface area contributed by atoms with E-state index in [4.69, 9.17) is 9.47 Å². The Morgan fingerprint density at radius 2 is 1.91 bits per heavy atom. The first-order chi connectivity index (χ1) is 16.5. The monoisotopic (exact) mass is 468 g/mol. The first-order valence-corrected chi connectivity index (χ1v) is 12.1. The van der Waals surface area contributed by atoms with Crippen LogP contribution >= 0.6 is 0 Å². The lowest BCUT2D eigenvalue weighted by atomic mass is 10.00. The van der Waals surface area contributed by atoms with Crippen LogP contribution in [0.25, 0.3) is 10.9 Å². The number of pyridine rings is 1. The van der Waals surface area contributed by atoms with Crippen LogP contribution in [0, 0.1) is 5.92 Å². The van der Waals surface area contributed by atoms with E-state index in [1.165, 1.54) is 12.8 Å². The molecule has 1 aromatic carbocycles. The molecule has 34 heavy (non-hydrogen) atoms. The second-order valence-corrected chi connectivity index (χ2v) is 9.51. The van der Waals surface area contributed by atoms with E-state index in [2.05, 4.69) is 39.3 Å². The number of aromatic nitrogens is 5. The van der Waals surface area contributed by atoms with Crippen molar-refractivity contribution in [3.8, 4) is 11.5 Å². The molecule has 2 aliphatic rings. The third-order valence-electron chi connectivity index (χ3n) is 6.82. The van der Waals surface area contributed by atoms with Crippen molar-refractivity contribution in [3.05, 3.63) is 39.9 Å². The van der Waals surface area contributed by atoms with Crippen molar-refractivity contribution in [3.63, 3.8) is 0 Å². The Hall–Kier alpha value is -2.98. The minimum Gasteiger partial charge on any atom is -0.486 e. The van der Waals surface area contributed by atoms with Crippen LogP contribution in [0.15, 0.2) is 23.0 Å². The van der Waals surface area contributed by atoms with Gasteiger partial charge >= 0.3 is 0 Å². The van der Waals surface area contributed by atoms with Gasteiger partial charge in [-0.1, -0.05) is 26.7 Å². The van der Waals surface area contributed by atoms with Gasteiger partial charge in [-0.25, -0.2) is 4.68 Å². The summed E-state index contributed by atoms with van der Waals surface area (Å²) in [6.07, 6.45) is 4.51. The molecule has 1 saturated carbocycles. The Balaban J connectivity index is 1.49. The maximum absolute atomic E-state index is 13.0. The molecule has 0 bridgehead atoms. The number of ether oxygens (including phenoxy) is 2. The first kappa shape index (κ1) is 22.8. The highest BCUT2D eigenvalue weighted by atomic mass is 16.6. The predicted molar refractivity (Wildman–Crippen MR) is 126 cm³/mol. The van der Waals surface area contributed by atoms with Gasteiger partial charge in [0.2, 0.25) is 0 Å². The lowest BCUT2D eigenvalue weighted by molar-refractivity contribution is 0.104. The van der Waals surface area contributed by atoms with E-state index < -0.39 is 0 Å². The van der Waals surface area contributed by atoms with Crippen LogP contribution in [0.2, 0.25) is 0 Å². The average Bonchev–Trinajstić information content (AvgIpc) is 3.50. The van der Waals surface area contributed by atoms with Crippen molar-refractivity contribution in [2.24, 2.45) is 5.92 Å². The van der Waals surface area contributed by atoms with Crippen LogP contribution in [0.4, 0.5) is 0 Å². The summed E-state index contributed by atoms with van der Waals surface area (Å²) in [6.45, 7) is 5.98. The van der Waals surface area contributed by atoms with Crippen molar-refractivity contribution in [1.29, 1.82) is 0 Å². The lowest BCUT2D eigenvalue weighted by Gasteiger charge is -2.33. The molecule has 1 aliphatic carbocycles. The van der Waals surface area contributed by atoms with E-state index in [-0.39, 0.29) is 24.1 Å². The average molecular weight is 469 g/mol. The van der Waals surface area contributed by atoms with Gasteiger partial charge in [0, 0.05) is 30.1 Å². The third kappa shape index (κ3) is 4.39. The number of hydrogen-bond acceptors (Lipinski definition) is 8. The number of nitrogens with one attached hydrogen (secondary N) is 1. The lowest BCUT2D eigenvalue weighted by Crippen LogP contribution is -2.37. The number of H-pyrrole nitrogens is 1.